The lowest BCUT2D eigenvalue weighted by molar-refractivity contribution is -0.226. The Bertz CT molecular complexity index is 434. The normalized spacial score (nSPS) is 26.7. The Kier molecular flexibility index (Phi) is 5.18. The number of hydrogen-bond acceptors (Lipinski definition) is 4. The van der Waals surface area contributed by atoms with E-state index in [1.165, 1.54) is 0 Å². The van der Waals surface area contributed by atoms with Gasteiger partial charge in [0.15, 0.2) is 6.29 Å². The smallest absolute Gasteiger partial charge is 0.184 e. The highest BCUT2D eigenvalue weighted by atomic mass is 16.7. The summed E-state index contributed by atoms with van der Waals surface area (Å²) >= 11 is 0. The fourth-order valence-corrected chi connectivity index (χ4v) is 2.09. The quantitative estimate of drug-likeness (QED) is 0.503. The first-order chi connectivity index (χ1) is 9.35. The van der Waals surface area contributed by atoms with Crippen LogP contribution in [0.2, 0.25) is 0 Å². The van der Waals surface area contributed by atoms with Gasteiger partial charge < -0.3 is 14.6 Å². The Morgan fingerprint density at radius 1 is 1.37 bits per heavy atom. The van der Waals surface area contributed by atoms with E-state index < -0.39 is 6.29 Å². The molecule has 0 aromatic heterocycles. The van der Waals surface area contributed by atoms with Crippen molar-refractivity contribution in [3.8, 4) is 0 Å². The van der Waals surface area contributed by atoms with Gasteiger partial charge >= 0.3 is 0 Å². The molecule has 0 spiro atoms. The molecule has 1 aliphatic heterocycles. The second-order valence-corrected chi connectivity index (χ2v) is 4.39. The van der Waals surface area contributed by atoms with E-state index in [9.17, 15) is 0 Å². The van der Waals surface area contributed by atoms with Crippen LogP contribution in [0.4, 0.5) is 0 Å². The van der Waals surface area contributed by atoms with Crippen molar-refractivity contribution in [2.75, 3.05) is 13.2 Å². The summed E-state index contributed by atoms with van der Waals surface area (Å²) in [5.74, 6) is 0. The lowest BCUT2D eigenvalue weighted by Gasteiger charge is -2.34. The molecule has 1 heterocycles. The fourth-order valence-electron chi connectivity index (χ4n) is 2.09. The van der Waals surface area contributed by atoms with Crippen LogP contribution in [-0.2, 0) is 9.47 Å². The Labute approximate surface area is 111 Å². The van der Waals surface area contributed by atoms with E-state index in [-0.39, 0.29) is 18.8 Å². The summed E-state index contributed by atoms with van der Waals surface area (Å²) in [4.78, 5) is 2.82. The molecule has 0 radical (unpaired) electrons. The van der Waals surface area contributed by atoms with Crippen molar-refractivity contribution in [2.24, 2.45) is 5.11 Å². The third-order valence-electron chi connectivity index (χ3n) is 3.06. The second-order valence-electron chi connectivity index (χ2n) is 4.39. The molecule has 1 aromatic carbocycles. The van der Waals surface area contributed by atoms with Gasteiger partial charge in [0, 0.05) is 17.1 Å². The van der Waals surface area contributed by atoms with Crippen molar-refractivity contribution in [1.82, 2.24) is 0 Å². The van der Waals surface area contributed by atoms with Gasteiger partial charge in [-0.15, -0.1) is 0 Å². The zero-order chi connectivity index (χ0) is 13.5. The molecule has 1 saturated heterocycles. The summed E-state index contributed by atoms with van der Waals surface area (Å²) in [7, 11) is 0. The number of benzene rings is 1. The molecule has 0 amide bonds. The lowest BCUT2D eigenvalue weighted by Crippen LogP contribution is -2.39. The van der Waals surface area contributed by atoms with Crippen molar-refractivity contribution in [3.05, 3.63) is 46.3 Å². The minimum Gasteiger partial charge on any atom is -0.396 e. The number of aliphatic hydroxyl groups is 1. The lowest BCUT2D eigenvalue weighted by atomic mass is 10.1. The summed E-state index contributed by atoms with van der Waals surface area (Å²) in [6.45, 7) is 0.430. The first kappa shape index (κ1) is 13.8. The van der Waals surface area contributed by atoms with Gasteiger partial charge in [0.1, 0.15) is 0 Å². The van der Waals surface area contributed by atoms with Crippen LogP contribution >= 0.6 is 0 Å². The van der Waals surface area contributed by atoms with Crippen LogP contribution in [-0.4, -0.2) is 30.5 Å². The van der Waals surface area contributed by atoms with Crippen molar-refractivity contribution in [2.45, 2.75) is 31.3 Å². The molecule has 102 valence electrons. The summed E-state index contributed by atoms with van der Waals surface area (Å²) in [6, 6.07) is 9.30. The standard InChI is InChI=1S/C13H17N3O3/c14-16-15-11-9-18-13(10-5-2-1-3-6-10)19-12(11)7-4-8-17/h1-3,5-6,11-13,17H,4,7-9H2/t11-,12+,13?/m1/s1. The maximum absolute atomic E-state index is 8.91. The van der Waals surface area contributed by atoms with Crippen molar-refractivity contribution >= 4 is 0 Å². The Balaban J connectivity index is 2.05. The largest absolute Gasteiger partial charge is 0.396 e. The molecule has 0 bridgehead atoms. The minimum absolute atomic E-state index is 0.0969. The van der Waals surface area contributed by atoms with E-state index in [4.69, 9.17) is 20.1 Å². The van der Waals surface area contributed by atoms with Crippen LogP contribution in [0.15, 0.2) is 35.4 Å². The Morgan fingerprint density at radius 2 is 2.16 bits per heavy atom. The van der Waals surface area contributed by atoms with Gasteiger partial charge in [-0.1, -0.05) is 35.4 Å². The number of nitrogens with zero attached hydrogens (tertiary/aromatic N) is 3. The van der Waals surface area contributed by atoms with Crippen LogP contribution in [0.1, 0.15) is 24.7 Å². The molecule has 1 N–H and O–H groups in total. The van der Waals surface area contributed by atoms with Gasteiger partial charge in [-0.2, -0.15) is 0 Å². The number of ether oxygens (including phenoxy) is 2. The predicted molar refractivity (Wildman–Crippen MR) is 69.3 cm³/mol. The zero-order valence-corrected chi connectivity index (χ0v) is 10.6. The topological polar surface area (TPSA) is 87.5 Å². The molecule has 19 heavy (non-hydrogen) atoms. The maximum atomic E-state index is 8.91. The molecule has 1 aromatic rings. The Morgan fingerprint density at radius 3 is 2.84 bits per heavy atom. The zero-order valence-electron chi connectivity index (χ0n) is 10.6. The molecule has 1 aliphatic rings. The molecule has 0 aliphatic carbocycles. The number of hydrogen-bond donors (Lipinski definition) is 1. The predicted octanol–water partition coefficient (Wildman–Crippen LogP) is 2.55. The molecule has 1 unspecified atom stereocenters. The summed E-state index contributed by atoms with van der Waals surface area (Å²) in [5, 5.41) is 12.6. The first-order valence-corrected chi connectivity index (χ1v) is 6.32. The molecular formula is C13H17N3O3. The number of rotatable bonds is 5. The van der Waals surface area contributed by atoms with Crippen LogP contribution in [0.5, 0.6) is 0 Å². The molecule has 1 fully saturated rings. The van der Waals surface area contributed by atoms with Gasteiger partial charge in [0.2, 0.25) is 0 Å². The molecular weight excluding hydrogens is 246 g/mol. The SMILES string of the molecule is [N-]=[N+]=N[C@@H]1COC(c2ccccc2)O[C@H]1CCCO. The fraction of sp³-hybridized carbons (Fsp3) is 0.538. The van der Waals surface area contributed by atoms with E-state index in [2.05, 4.69) is 10.0 Å². The van der Waals surface area contributed by atoms with E-state index in [1.54, 1.807) is 0 Å². The van der Waals surface area contributed by atoms with Crippen molar-refractivity contribution in [1.29, 1.82) is 0 Å². The Hall–Kier alpha value is -1.59. The third kappa shape index (κ3) is 3.68. The second kappa shape index (κ2) is 7.11. The summed E-state index contributed by atoms with van der Waals surface area (Å²) < 4.78 is 11.4. The van der Waals surface area contributed by atoms with Crippen molar-refractivity contribution < 1.29 is 14.6 Å². The highest BCUT2D eigenvalue weighted by Gasteiger charge is 2.31. The van der Waals surface area contributed by atoms with Crippen LogP contribution < -0.4 is 0 Å². The van der Waals surface area contributed by atoms with E-state index in [0.29, 0.717) is 19.4 Å². The molecule has 2 rings (SSSR count). The van der Waals surface area contributed by atoms with Crippen molar-refractivity contribution in [3.63, 3.8) is 0 Å². The van der Waals surface area contributed by atoms with Crippen LogP contribution in [0.25, 0.3) is 10.4 Å². The van der Waals surface area contributed by atoms with E-state index in [1.807, 2.05) is 30.3 Å². The highest BCUT2D eigenvalue weighted by molar-refractivity contribution is 5.16. The van der Waals surface area contributed by atoms with Gasteiger partial charge in [0.25, 0.3) is 0 Å². The molecule has 0 saturated carbocycles. The maximum Gasteiger partial charge on any atom is 0.184 e. The van der Waals surface area contributed by atoms with Crippen LogP contribution in [0, 0.1) is 0 Å². The summed E-state index contributed by atoms with van der Waals surface area (Å²) in [5.41, 5.74) is 9.48. The molecule has 3 atom stereocenters. The van der Waals surface area contributed by atoms with Crippen LogP contribution in [0.3, 0.4) is 0 Å². The number of aliphatic hydroxyl groups excluding tert-OH is 1. The first-order valence-electron chi connectivity index (χ1n) is 6.32. The molecule has 6 heteroatoms. The average molecular weight is 263 g/mol. The number of azide groups is 1. The third-order valence-corrected chi connectivity index (χ3v) is 3.06. The van der Waals surface area contributed by atoms with Gasteiger partial charge in [-0.05, 0) is 18.4 Å². The van der Waals surface area contributed by atoms with E-state index in [0.717, 1.165) is 5.56 Å². The molecule has 6 nitrogen and oxygen atoms in total. The average Bonchev–Trinajstić information content (AvgIpc) is 2.47. The monoisotopic (exact) mass is 263 g/mol. The highest BCUT2D eigenvalue weighted by Crippen LogP contribution is 2.29. The van der Waals surface area contributed by atoms with Gasteiger partial charge in [-0.25, -0.2) is 0 Å². The van der Waals surface area contributed by atoms with Gasteiger partial charge in [-0.3, -0.25) is 0 Å². The summed E-state index contributed by atoms with van der Waals surface area (Å²) in [6.07, 6.45) is 0.605. The minimum atomic E-state index is -0.435. The van der Waals surface area contributed by atoms with Gasteiger partial charge in [0.05, 0.1) is 18.8 Å². The van der Waals surface area contributed by atoms with E-state index >= 15 is 0 Å².